The highest BCUT2D eigenvalue weighted by Gasteiger charge is 2.21. The maximum atomic E-state index is 12.1. The second-order valence-electron chi connectivity index (χ2n) is 5.42. The first kappa shape index (κ1) is 18.9. The largest absolute Gasteiger partial charge is 0.497 e. The van der Waals surface area contributed by atoms with Gasteiger partial charge in [0.25, 0.3) is 11.6 Å². The molecule has 1 atom stereocenters. The van der Waals surface area contributed by atoms with Crippen LogP contribution in [0.15, 0.2) is 48.5 Å². The predicted octanol–water partition coefficient (Wildman–Crippen LogP) is 2.72. The zero-order valence-electron chi connectivity index (χ0n) is 14.3. The van der Waals surface area contributed by atoms with Crippen molar-refractivity contribution in [3.63, 3.8) is 0 Å². The lowest BCUT2D eigenvalue weighted by Gasteiger charge is -2.13. The van der Waals surface area contributed by atoms with Crippen LogP contribution in [0.3, 0.4) is 0 Å². The first-order chi connectivity index (χ1) is 12.4. The third-order valence-corrected chi connectivity index (χ3v) is 3.54. The number of amides is 1. The molecular weight excluding hydrogens is 340 g/mol. The van der Waals surface area contributed by atoms with E-state index in [1.165, 1.54) is 25.1 Å². The second kappa shape index (κ2) is 8.61. The van der Waals surface area contributed by atoms with Gasteiger partial charge in [0, 0.05) is 6.07 Å². The number of benzene rings is 2. The van der Waals surface area contributed by atoms with Crippen molar-refractivity contribution in [3.05, 3.63) is 64.2 Å². The molecule has 2 rings (SSSR count). The number of hydrogen-bond acceptors (Lipinski definition) is 6. The number of nitro groups is 1. The highest BCUT2D eigenvalue weighted by molar-refractivity contribution is 5.96. The molecule has 0 aromatic heterocycles. The summed E-state index contributed by atoms with van der Waals surface area (Å²) in [6.07, 6.45) is -1.10. The Balaban J connectivity index is 1.94. The van der Waals surface area contributed by atoms with Crippen LogP contribution in [0.4, 0.5) is 11.4 Å². The van der Waals surface area contributed by atoms with Gasteiger partial charge in [0.2, 0.25) is 0 Å². The molecule has 136 valence electrons. The van der Waals surface area contributed by atoms with E-state index >= 15 is 0 Å². The van der Waals surface area contributed by atoms with Crippen LogP contribution in [0.25, 0.3) is 0 Å². The third kappa shape index (κ3) is 5.04. The molecule has 0 heterocycles. The van der Waals surface area contributed by atoms with Gasteiger partial charge in [0.05, 0.1) is 18.5 Å². The monoisotopic (exact) mass is 358 g/mol. The van der Waals surface area contributed by atoms with E-state index in [1.54, 1.807) is 37.4 Å². The molecule has 8 heteroatoms. The number of anilines is 1. The molecule has 0 bridgehead atoms. The van der Waals surface area contributed by atoms with E-state index in [4.69, 9.17) is 9.47 Å². The van der Waals surface area contributed by atoms with Crippen LogP contribution in [0.5, 0.6) is 5.75 Å². The Kier molecular flexibility index (Phi) is 6.26. The quantitative estimate of drug-likeness (QED) is 0.463. The fraction of sp³-hybridized carbons (Fsp3) is 0.222. The average molecular weight is 358 g/mol. The van der Waals surface area contributed by atoms with Crippen LogP contribution >= 0.6 is 0 Å². The number of para-hydroxylation sites is 2. The van der Waals surface area contributed by atoms with Gasteiger partial charge in [-0.3, -0.25) is 19.7 Å². The van der Waals surface area contributed by atoms with Crippen LogP contribution in [0.2, 0.25) is 0 Å². The van der Waals surface area contributed by atoms with Crippen LogP contribution in [-0.4, -0.2) is 30.0 Å². The minimum Gasteiger partial charge on any atom is -0.497 e. The van der Waals surface area contributed by atoms with Crippen molar-refractivity contribution < 1.29 is 24.0 Å². The maximum Gasteiger partial charge on any atom is 0.311 e. The molecule has 0 unspecified atom stereocenters. The van der Waals surface area contributed by atoms with Crippen molar-refractivity contribution in [2.75, 3.05) is 12.4 Å². The summed E-state index contributed by atoms with van der Waals surface area (Å²) >= 11 is 0. The van der Waals surface area contributed by atoms with Crippen LogP contribution in [-0.2, 0) is 20.7 Å². The fourth-order valence-electron chi connectivity index (χ4n) is 2.18. The maximum absolute atomic E-state index is 12.1. The van der Waals surface area contributed by atoms with E-state index in [-0.39, 0.29) is 17.8 Å². The van der Waals surface area contributed by atoms with Gasteiger partial charge in [0.15, 0.2) is 6.10 Å². The number of nitrogens with zero attached hydrogens (tertiary/aromatic N) is 1. The number of nitrogens with one attached hydrogen (secondary N) is 1. The number of nitro benzene ring substituents is 1. The van der Waals surface area contributed by atoms with E-state index in [1.807, 2.05) is 0 Å². The molecular formula is C18H18N2O6. The lowest BCUT2D eigenvalue weighted by Crippen LogP contribution is -2.30. The lowest BCUT2D eigenvalue weighted by molar-refractivity contribution is -0.383. The molecule has 2 aromatic carbocycles. The van der Waals surface area contributed by atoms with Crippen LogP contribution in [0, 0.1) is 10.1 Å². The number of methoxy groups -OCH3 is 1. The van der Waals surface area contributed by atoms with Gasteiger partial charge in [-0.25, -0.2) is 0 Å². The Morgan fingerprint density at radius 1 is 1.15 bits per heavy atom. The van der Waals surface area contributed by atoms with Gasteiger partial charge in [-0.05, 0) is 30.7 Å². The van der Waals surface area contributed by atoms with Gasteiger partial charge in [-0.1, -0.05) is 24.3 Å². The Bertz CT molecular complexity index is 804. The molecule has 0 aliphatic heterocycles. The summed E-state index contributed by atoms with van der Waals surface area (Å²) in [6, 6.07) is 12.6. The zero-order valence-corrected chi connectivity index (χ0v) is 14.3. The Labute approximate surface area is 149 Å². The number of carbonyl (C=O) groups excluding carboxylic acids is 2. The number of ether oxygens (including phenoxy) is 2. The molecule has 0 saturated carbocycles. The van der Waals surface area contributed by atoms with Crippen molar-refractivity contribution in [3.8, 4) is 5.75 Å². The molecule has 0 fully saturated rings. The van der Waals surface area contributed by atoms with Gasteiger partial charge in [0.1, 0.15) is 11.4 Å². The molecule has 1 N–H and O–H groups in total. The first-order valence-corrected chi connectivity index (χ1v) is 7.77. The molecule has 26 heavy (non-hydrogen) atoms. The summed E-state index contributed by atoms with van der Waals surface area (Å²) < 4.78 is 10.1. The van der Waals surface area contributed by atoms with E-state index in [0.29, 0.717) is 11.3 Å². The normalized spacial score (nSPS) is 11.3. The topological polar surface area (TPSA) is 108 Å². The standard InChI is InChI=1S/C18H18N2O6/c1-12(18(22)19-15-5-3-4-6-16(15)20(23)24)26-17(21)11-13-7-9-14(25-2)10-8-13/h3-10,12H,11H2,1-2H3,(H,19,22)/t12-/m0/s1. The van der Waals surface area contributed by atoms with E-state index < -0.39 is 22.9 Å². The van der Waals surface area contributed by atoms with E-state index in [2.05, 4.69) is 5.32 Å². The SMILES string of the molecule is COc1ccc(CC(=O)O[C@@H](C)C(=O)Nc2ccccc2[N+](=O)[O-])cc1. The van der Waals surface area contributed by atoms with Crippen molar-refractivity contribution >= 4 is 23.3 Å². The average Bonchev–Trinajstić information content (AvgIpc) is 2.62. The molecule has 2 aromatic rings. The van der Waals surface area contributed by atoms with E-state index in [0.717, 1.165) is 0 Å². The lowest BCUT2D eigenvalue weighted by atomic mass is 10.1. The fourth-order valence-corrected chi connectivity index (χ4v) is 2.18. The minimum absolute atomic E-state index is 0.00685. The van der Waals surface area contributed by atoms with Crippen LogP contribution in [0.1, 0.15) is 12.5 Å². The number of carbonyl (C=O) groups is 2. The number of rotatable bonds is 7. The Morgan fingerprint density at radius 3 is 2.42 bits per heavy atom. The Morgan fingerprint density at radius 2 is 1.81 bits per heavy atom. The molecule has 8 nitrogen and oxygen atoms in total. The molecule has 1 amide bonds. The smallest absolute Gasteiger partial charge is 0.311 e. The number of esters is 1. The molecule has 0 aliphatic rings. The second-order valence-corrected chi connectivity index (χ2v) is 5.42. The number of hydrogen-bond donors (Lipinski definition) is 1. The van der Waals surface area contributed by atoms with Gasteiger partial charge >= 0.3 is 5.97 Å². The highest BCUT2D eigenvalue weighted by atomic mass is 16.6. The molecule has 0 spiro atoms. The summed E-state index contributed by atoms with van der Waals surface area (Å²) in [5, 5.41) is 13.4. The molecule has 0 aliphatic carbocycles. The minimum atomic E-state index is -1.10. The van der Waals surface area contributed by atoms with Gasteiger partial charge in [-0.2, -0.15) is 0 Å². The first-order valence-electron chi connectivity index (χ1n) is 7.77. The molecule has 0 saturated heterocycles. The molecule has 0 radical (unpaired) electrons. The summed E-state index contributed by atoms with van der Waals surface area (Å²) in [5.41, 5.74) is 0.514. The summed E-state index contributed by atoms with van der Waals surface area (Å²) in [5.74, 6) is -0.568. The van der Waals surface area contributed by atoms with Crippen molar-refractivity contribution in [2.24, 2.45) is 0 Å². The van der Waals surface area contributed by atoms with Crippen molar-refractivity contribution in [1.82, 2.24) is 0 Å². The summed E-state index contributed by atoms with van der Waals surface area (Å²) in [7, 11) is 1.54. The summed E-state index contributed by atoms with van der Waals surface area (Å²) in [4.78, 5) is 34.5. The van der Waals surface area contributed by atoms with Gasteiger partial charge in [-0.15, -0.1) is 0 Å². The van der Waals surface area contributed by atoms with Gasteiger partial charge < -0.3 is 14.8 Å². The van der Waals surface area contributed by atoms with Crippen LogP contribution < -0.4 is 10.1 Å². The Hall–Kier alpha value is -3.42. The zero-order chi connectivity index (χ0) is 19.1. The van der Waals surface area contributed by atoms with Crippen molar-refractivity contribution in [2.45, 2.75) is 19.4 Å². The summed E-state index contributed by atoms with van der Waals surface area (Å²) in [6.45, 7) is 1.40. The van der Waals surface area contributed by atoms with E-state index in [9.17, 15) is 19.7 Å². The highest BCUT2D eigenvalue weighted by Crippen LogP contribution is 2.23. The van der Waals surface area contributed by atoms with Crippen molar-refractivity contribution in [1.29, 1.82) is 0 Å². The third-order valence-electron chi connectivity index (χ3n) is 3.54. The predicted molar refractivity (Wildman–Crippen MR) is 94.0 cm³/mol.